The van der Waals surface area contributed by atoms with Crippen LogP contribution in [-0.4, -0.2) is 48.6 Å². The van der Waals surface area contributed by atoms with Gasteiger partial charge in [0.2, 0.25) is 0 Å². The van der Waals surface area contributed by atoms with Gasteiger partial charge in [-0.3, -0.25) is 4.90 Å². The highest BCUT2D eigenvalue weighted by atomic mass is 32.1. The molecule has 0 amide bonds. The average molecular weight is 294 g/mol. The van der Waals surface area contributed by atoms with E-state index < -0.39 is 0 Å². The third-order valence-corrected chi connectivity index (χ3v) is 5.10. The smallest absolute Gasteiger partial charge is 0.185 e. The molecule has 1 N–H and O–H groups in total. The van der Waals surface area contributed by atoms with Crippen molar-refractivity contribution in [2.45, 2.75) is 39.3 Å². The molecule has 112 valence electrons. The second kappa shape index (κ2) is 6.41. The zero-order valence-corrected chi connectivity index (χ0v) is 13.5. The lowest BCUT2D eigenvalue weighted by atomic mass is 10.2. The summed E-state index contributed by atoms with van der Waals surface area (Å²) >= 11 is 1.85. The molecule has 0 unspecified atom stereocenters. The van der Waals surface area contributed by atoms with Crippen molar-refractivity contribution in [3.05, 3.63) is 11.1 Å². The van der Waals surface area contributed by atoms with Crippen LogP contribution in [0.3, 0.4) is 0 Å². The van der Waals surface area contributed by atoms with Crippen molar-refractivity contribution in [3.8, 4) is 0 Å². The Hall–Kier alpha value is -0.650. The van der Waals surface area contributed by atoms with Gasteiger partial charge in [-0.25, -0.2) is 4.98 Å². The van der Waals surface area contributed by atoms with Crippen molar-refractivity contribution in [2.24, 2.45) is 5.92 Å². The fourth-order valence-electron chi connectivity index (χ4n) is 2.73. The Morgan fingerprint density at radius 2 is 2.05 bits per heavy atom. The summed E-state index contributed by atoms with van der Waals surface area (Å²) in [7, 11) is 0. The van der Waals surface area contributed by atoms with Crippen molar-refractivity contribution in [2.75, 3.05) is 37.6 Å². The lowest BCUT2D eigenvalue weighted by Crippen LogP contribution is -2.47. The number of thiazole rings is 1. The van der Waals surface area contributed by atoms with Gasteiger partial charge in [0.25, 0.3) is 0 Å². The summed E-state index contributed by atoms with van der Waals surface area (Å²) < 4.78 is 0. The van der Waals surface area contributed by atoms with Gasteiger partial charge in [0.1, 0.15) is 0 Å². The van der Waals surface area contributed by atoms with E-state index in [0.29, 0.717) is 5.92 Å². The predicted octanol–water partition coefficient (Wildman–Crippen LogP) is 2.17. The number of hydrogen-bond donors (Lipinski definition) is 1. The summed E-state index contributed by atoms with van der Waals surface area (Å²) in [5.74, 6) is 0.706. The van der Waals surface area contributed by atoms with E-state index in [0.717, 1.165) is 32.2 Å². The molecule has 5 heteroatoms. The molecule has 0 radical (unpaired) electrons. The van der Waals surface area contributed by atoms with Gasteiger partial charge in [0, 0.05) is 49.8 Å². The van der Waals surface area contributed by atoms with Gasteiger partial charge >= 0.3 is 0 Å². The highest BCUT2D eigenvalue weighted by Gasteiger charge is 2.31. The van der Waals surface area contributed by atoms with Gasteiger partial charge in [0.15, 0.2) is 5.13 Å². The molecule has 4 nitrogen and oxygen atoms in total. The SMILES string of the molecule is CC(C)CNCc1cnc(N2CCN(C3CC3)CC2)s1. The predicted molar refractivity (Wildman–Crippen MR) is 85.5 cm³/mol. The van der Waals surface area contributed by atoms with Crippen LogP contribution in [0.25, 0.3) is 0 Å². The standard InChI is InChI=1S/C15H26N4S/c1-12(2)9-16-10-14-11-17-15(20-14)19-7-5-18(6-8-19)13-3-4-13/h11-13,16H,3-10H2,1-2H3. The maximum absolute atomic E-state index is 4.61. The summed E-state index contributed by atoms with van der Waals surface area (Å²) in [6, 6.07) is 0.907. The van der Waals surface area contributed by atoms with Crippen LogP contribution in [0, 0.1) is 5.92 Å². The number of rotatable bonds is 6. The lowest BCUT2D eigenvalue weighted by Gasteiger charge is -2.34. The van der Waals surface area contributed by atoms with Gasteiger partial charge < -0.3 is 10.2 Å². The van der Waals surface area contributed by atoms with Crippen LogP contribution in [0.4, 0.5) is 5.13 Å². The molecule has 1 saturated heterocycles. The van der Waals surface area contributed by atoms with Crippen LogP contribution in [0.1, 0.15) is 31.6 Å². The largest absolute Gasteiger partial charge is 0.346 e. The summed E-state index contributed by atoms with van der Waals surface area (Å²) in [5.41, 5.74) is 0. The van der Waals surface area contributed by atoms with Crippen LogP contribution in [0.5, 0.6) is 0 Å². The minimum absolute atomic E-state index is 0.706. The maximum Gasteiger partial charge on any atom is 0.185 e. The van der Waals surface area contributed by atoms with Crippen molar-refractivity contribution in [1.82, 2.24) is 15.2 Å². The third kappa shape index (κ3) is 3.71. The van der Waals surface area contributed by atoms with E-state index in [1.54, 1.807) is 0 Å². The molecule has 0 bridgehead atoms. The molecule has 1 aliphatic carbocycles. The molecule has 2 aliphatic rings. The molecule has 1 saturated carbocycles. The zero-order chi connectivity index (χ0) is 13.9. The van der Waals surface area contributed by atoms with Gasteiger partial charge in [-0.15, -0.1) is 11.3 Å². The monoisotopic (exact) mass is 294 g/mol. The average Bonchev–Trinajstić information content (AvgIpc) is 3.19. The molecule has 0 atom stereocenters. The first-order valence-corrected chi connectivity index (χ1v) is 8.68. The first-order chi connectivity index (χ1) is 9.72. The Kier molecular flexibility index (Phi) is 4.58. The second-order valence-corrected chi connectivity index (χ2v) is 7.48. The van der Waals surface area contributed by atoms with Crippen LogP contribution >= 0.6 is 11.3 Å². The third-order valence-electron chi connectivity index (χ3n) is 4.04. The quantitative estimate of drug-likeness (QED) is 0.871. The summed E-state index contributed by atoms with van der Waals surface area (Å²) in [6.45, 7) is 11.2. The molecular weight excluding hydrogens is 268 g/mol. The van der Waals surface area contributed by atoms with Gasteiger partial charge in [-0.1, -0.05) is 13.8 Å². The minimum atomic E-state index is 0.706. The molecule has 0 spiro atoms. The number of aromatic nitrogens is 1. The number of nitrogens with zero attached hydrogens (tertiary/aromatic N) is 3. The topological polar surface area (TPSA) is 31.4 Å². The first kappa shape index (κ1) is 14.3. The van der Waals surface area contributed by atoms with Crippen LogP contribution in [-0.2, 0) is 6.54 Å². The van der Waals surface area contributed by atoms with Gasteiger partial charge in [-0.05, 0) is 25.3 Å². The fraction of sp³-hybridized carbons (Fsp3) is 0.800. The van der Waals surface area contributed by atoms with Crippen LogP contribution < -0.4 is 10.2 Å². The van der Waals surface area contributed by atoms with Gasteiger partial charge in [-0.2, -0.15) is 0 Å². The van der Waals surface area contributed by atoms with E-state index in [-0.39, 0.29) is 0 Å². The van der Waals surface area contributed by atoms with Crippen molar-refractivity contribution in [3.63, 3.8) is 0 Å². The molecule has 0 aromatic carbocycles. The Labute approximate surface area is 126 Å². The molecule has 2 heterocycles. The number of piperazine rings is 1. The van der Waals surface area contributed by atoms with Gasteiger partial charge in [0.05, 0.1) is 0 Å². The lowest BCUT2D eigenvalue weighted by molar-refractivity contribution is 0.248. The first-order valence-electron chi connectivity index (χ1n) is 7.87. The Bertz CT molecular complexity index is 419. The van der Waals surface area contributed by atoms with Crippen LogP contribution in [0.15, 0.2) is 6.20 Å². The summed E-state index contributed by atoms with van der Waals surface area (Å²) in [4.78, 5) is 11.1. The maximum atomic E-state index is 4.61. The zero-order valence-electron chi connectivity index (χ0n) is 12.6. The van der Waals surface area contributed by atoms with Crippen molar-refractivity contribution < 1.29 is 0 Å². The number of hydrogen-bond acceptors (Lipinski definition) is 5. The van der Waals surface area contributed by atoms with E-state index in [2.05, 4.69) is 33.9 Å². The minimum Gasteiger partial charge on any atom is -0.346 e. The van der Waals surface area contributed by atoms with E-state index in [4.69, 9.17) is 0 Å². The molecule has 3 rings (SSSR count). The van der Waals surface area contributed by atoms with E-state index in [1.807, 2.05) is 17.5 Å². The highest BCUT2D eigenvalue weighted by Crippen LogP contribution is 2.29. The molecule has 2 fully saturated rings. The van der Waals surface area contributed by atoms with Crippen molar-refractivity contribution in [1.29, 1.82) is 0 Å². The van der Waals surface area contributed by atoms with E-state index >= 15 is 0 Å². The molecule has 1 aromatic rings. The number of nitrogens with one attached hydrogen (secondary N) is 1. The van der Waals surface area contributed by atoms with Crippen molar-refractivity contribution >= 4 is 16.5 Å². The molecule has 1 aliphatic heterocycles. The Balaban J connectivity index is 1.46. The van der Waals surface area contributed by atoms with Crippen LogP contribution in [0.2, 0.25) is 0 Å². The summed E-state index contributed by atoms with van der Waals surface area (Å²) in [5, 5.41) is 4.70. The Morgan fingerprint density at radius 3 is 2.70 bits per heavy atom. The molecule has 20 heavy (non-hydrogen) atoms. The van der Waals surface area contributed by atoms with E-state index in [1.165, 1.54) is 35.9 Å². The number of anilines is 1. The highest BCUT2D eigenvalue weighted by molar-refractivity contribution is 7.15. The molecule has 1 aromatic heterocycles. The second-order valence-electron chi connectivity index (χ2n) is 6.39. The van der Waals surface area contributed by atoms with E-state index in [9.17, 15) is 0 Å². The Morgan fingerprint density at radius 1 is 1.30 bits per heavy atom. The summed E-state index contributed by atoms with van der Waals surface area (Å²) in [6.07, 6.45) is 4.88. The fourth-order valence-corrected chi connectivity index (χ4v) is 3.66. The molecular formula is C15H26N4S. The normalized spacial score (nSPS) is 20.9.